The summed E-state index contributed by atoms with van der Waals surface area (Å²) in [5, 5.41) is 13.0. The van der Waals surface area contributed by atoms with Crippen molar-refractivity contribution in [2.75, 3.05) is 11.9 Å². The second-order valence-corrected chi connectivity index (χ2v) is 7.95. The fourth-order valence-corrected chi connectivity index (χ4v) is 3.81. The first-order valence-electron chi connectivity index (χ1n) is 8.83. The van der Waals surface area contributed by atoms with E-state index in [4.69, 9.17) is 16.7 Å². The number of carbonyl (C=O) groups excluding carboxylic acids is 1. The second kappa shape index (κ2) is 9.23. The quantitative estimate of drug-likeness (QED) is 0.453. The number of anilines is 1. The van der Waals surface area contributed by atoms with Crippen LogP contribution in [0.1, 0.15) is 13.3 Å². The molecular formula is C20H20ClN3O3S. The van der Waals surface area contributed by atoms with Gasteiger partial charge in [-0.05, 0) is 43.7 Å². The van der Waals surface area contributed by atoms with Crippen LogP contribution in [0.15, 0.2) is 58.5 Å². The Morgan fingerprint density at radius 2 is 2.07 bits per heavy atom. The number of aliphatic hydroxyl groups is 1. The number of hydrogen-bond acceptors (Lipinski definition) is 5. The summed E-state index contributed by atoms with van der Waals surface area (Å²) in [6.45, 7) is 2.05. The number of rotatable bonds is 7. The minimum absolute atomic E-state index is 0.0336. The molecule has 0 saturated heterocycles. The van der Waals surface area contributed by atoms with Gasteiger partial charge in [-0.25, -0.2) is 4.98 Å². The van der Waals surface area contributed by atoms with Crippen molar-refractivity contribution in [2.24, 2.45) is 0 Å². The van der Waals surface area contributed by atoms with Gasteiger partial charge in [-0.1, -0.05) is 41.6 Å². The van der Waals surface area contributed by atoms with E-state index in [9.17, 15) is 9.59 Å². The van der Waals surface area contributed by atoms with E-state index < -0.39 is 5.25 Å². The number of nitrogens with one attached hydrogen (secondary N) is 1. The Morgan fingerprint density at radius 1 is 1.29 bits per heavy atom. The molecule has 1 aromatic heterocycles. The van der Waals surface area contributed by atoms with Crippen molar-refractivity contribution in [1.29, 1.82) is 0 Å². The maximum atomic E-state index is 12.8. The van der Waals surface area contributed by atoms with Crippen LogP contribution in [-0.4, -0.2) is 32.4 Å². The number of aliphatic hydroxyl groups excluding tert-OH is 1. The van der Waals surface area contributed by atoms with Crippen LogP contribution in [0.4, 0.5) is 5.69 Å². The highest BCUT2D eigenvalue weighted by Crippen LogP contribution is 2.24. The number of fused-ring (bicyclic) bond motifs is 1. The Kier molecular flexibility index (Phi) is 6.72. The Morgan fingerprint density at radius 3 is 2.82 bits per heavy atom. The second-order valence-electron chi connectivity index (χ2n) is 6.21. The van der Waals surface area contributed by atoms with Gasteiger partial charge in [0.1, 0.15) is 0 Å². The summed E-state index contributed by atoms with van der Waals surface area (Å²) in [7, 11) is 0. The molecule has 3 rings (SSSR count). The third-order valence-electron chi connectivity index (χ3n) is 4.11. The summed E-state index contributed by atoms with van der Waals surface area (Å²) < 4.78 is 1.52. The van der Waals surface area contributed by atoms with Crippen LogP contribution in [0.3, 0.4) is 0 Å². The highest BCUT2D eigenvalue weighted by molar-refractivity contribution is 8.00. The van der Waals surface area contributed by atoms with Gasteiger partial charge >= 0.3 is 0 Å². The van der Waals surface area contributed by atoms with Crippen molar-refractivity contribution in [3.63, 3.8) is 0 Å². The van der Waals surface area contributed by atoms with Crippen LogP contribution in [0.5, 0.6) is 0 Å². The molecule has 0 saturated carbocycles. The Bertz CT molecular complexity index is 1050. The normalized spacial score (nSPS) is 12.1. The van der Waals surface area contributed by atoms with Crippen LogP contribution in [0.2, 0.25) is 5.02 Å². The molecule has 0 aliphatic rings. The molecule has 0 bridgehead atoms. The van der Waals surface area contributed by atoms with Crippen LogP contribution in [0.25, 0.3) is 10.9 Å². The molecule has 1 atom stereocenters. The van der Waals surface area contributed by atoms with Crippen molar-refractivity contribution in [2.45, 2.75) is 30.3 Å². The fourth-order valence-electron chi connectivity index (χ4n) is 2.69. The van der Waals surface area contributed by atoms with E-state index in [1.807, 2.05) is 6.07 Å². The molecule has 0 aliphatic heterocycles. The summed E-state index contributed by atoms with van der Waals surface area (Å²) >= 11 is 7.16. The van der Waals surface area contributed by atoms with Gasteiger partial charge in [-0.15, -0.1) is 0 Å². The summed E-state index contributed by atoms with van der Waals surface area (Å²) in [6, 6.07) is 14.0. The fraction of sp³-hybridized carbons (Fsp3) is 0.250. The zero-order valence-corrected chi connectivity index (χ0v) is 16.8. The first kappa shape index (κ1) is 20.4. The molecular weight excluding hydrogens is 398 g/mol. The van der Waals surface area contributed by atoms with Gasteiger partial charge in [-0.2, -0.15) is 0 Å². The number of thioether (sulfide) groups is 1. The number of aromatic nitrogens is 2. The molecule has 0 radical (unpaired) electrons. The van der Waals surface area contributed by atoms with Crippen LogP contribution in [0, 0.1) is 0 Å². The van der Waals surface area contributed by atoms with E-state index in [0.29, 0.717) is 39.7 Å². The monoisotopic (exact) mass is 417 g/mol. The number of benzene rings is 2. The van der Waals surface area contributed by atoms with E-state index in [1.54, 1.807) is 49.4 Å². The number of amides is 1. The van der Waals surface area contributed by atoms with Gasteiger partial charge in [0.2, 0.25) is 5.91 Å². The zero-order valence-electron chi connectivity index (χ0n) is 15.3. The Hall–Kier alpha value is -2.35. The lowest BCUT2D eigenvalue weighted by Crippen LogP contribution is -2.27. The first-order chi connectivity index (χ1) is 13.5. The summed E-state index contributed by atoms with van der Waals surface area (Å²) in [5.41, 5.74) is 1.01. The van der Waals surface area contributed by atoms with Crippen molar-refractivity contribution in [1.82, 2.24) is 9.55 Å². The molecule has 3 aromatic rings. The van der Waals surface area contributed by atoms with Crippen LogP contribution in [-0.2, 0) is 11.3 Å². The van der Waals surface area contributed by atoms with Crippen molar-refractivity contribution in [3.8, 4) is 0 Å². The molecule has 6 nitrogen and oxygen atoms in total. The first-order valence-corrected chi connectivity index (χ1v) is 10.1. The minimum Gasteiger partial charge on any atom is -0.396 e. The van der Waals surface area contributed by atoms with Gasteiger partial charge in [0.05, 0.1) is 16.2 Å². The third kappa shape index (κ3) is 4.73. The largest absolute Gasteiger partial charge is 0.396 e. The summed E-state index contributed by atoms with van der Waals surface area (Å²) in [6.07, 6.45) is 0.427. The van der Waals surface area contributed by atoms with E-state index in [0.717, 1.165) is 0 Å². The van der Waals surface area contributed by atoms with Crippen LogP contribution >= 0.6 is 23.4 Å². The maximum Gasteiger partial charge on any atom is 0.262 e. The average molecular weight is 418 g/mol. The van der Waals surface area contributed by atoms with E-state index in [2.05, 4.69) is 10.3 Å². The third-order valence-corrected chi connectivity index (χ3v) is 5.44. The smallest absolute Gasteiger partial charge is 0.262 e. The SMILES string of the molecule is C[C@H](Sc1nc2ccccc2c(=O)n1CCCO)C(=O)Nc1cccc(Cl)c1. The highest BCUT2D eigenvalue weighted by Gasteiger charge is 2.19. The predicted molar refractivity (Wildman–Crippen MR) is 113 cm³/mol. The molecule has 0 unspecified atom stereocenters. The Balaban J connectivity index is 1.87. The zero-order chi connectivity index (χ0) is 20.1. The number of para-hydroxylation sites is 1. The summed E-state index contributed by atoms with van der Waals surface area (Å²) in [4.78, 5) is 30.0. The molecule has 2 N–H and O–H groups in total. The maximum absolute atomic E-state index is 12.8. The Labute approximate surface area is 171 Å². The van der Waals surface area contributed by atoms with Crippen molar-refractivity contribution in [3.05, 3.63) is 63.9 Å². The molecule has 0 fully saturated rings. The van der Waals surface area contributed by atoms with Crippen molar-refractivity contribution < 1.29 is 9.90 Å². The molecule has 1 heterocycles. The minimum atomic E-state index is -0.493. The molecule has 146 valence electrons. The lowest BCUT2D eigenvalue weighted by Gasteiger charge is -2.16. The molecule has 0 spiro atoms. The van der Waals surface area contributed by atoms with E-state index in [-0.39, 0.29) is 18.1 Å². The lowest BCUT2D eigenvalue weighted by atomic mass is 10.2. The number of hydrogen-bond donors (Lipinski definition) is 2. The molecule has 0 aliphatic carbocycles. The number of nitrogens with zero attached hydrogens (tertiary/aromatic N) is 2. The van der Waals surface area contributed by atoms with Gasteiger partial charge in [0.25, 0.3) is 5.56 Å². The average Bonchev–Trinajstić information content (AvgIpc) is 2.68. The van der Waals surface area contributed by atoms with Gasteiger partial charge in [0, 0.05) is 23.9 Å². The molecule has 8 heteroatoms. The van der Waals surface area contributed by atoms with Gasteiger partial charge in [-0.3, -0.25) is 14.2 Å². The lowest BCUT2D eigenvalue weighted by molar-refractivity contribution is -0.115. The van der Waals surface area contributed by atoms with Gasteiger partial charge < -0.3 is 10.4 Å². The van der Waals surface area contributed by atoms with Crippen molar-refractivity contribution >= 4 is 45.9 Å². The predicted octanol–water partition coefficient (Wildman–Crippen LogP) is 3.55. The standard InChI is InChI=1S/C20H20ClN3O3S/c1-13(18(26)22-15-7-4-6-14(21)12-15)28-20-23-17-9-3-2-8-16(17)19(27)24(20)10-5-11-25/h2-4,6-9,12-13,25H,5,10-11H2,1H3,(H,22,26)/t13-/m0/s1. The van der Waals surface area contributed by atoms with Gasteiger partial charge in [0.15, 0.2) is 5.16 Å². The summed E-state index contributed by atoms with van der Waals surface area (Å²) in [5.74, 6) is -0.219. The molecule has 28 heavy (non-hydrogen) atoms. The highest BCUT2D eigenvalue weighted by atomic mass is 35.5. The molecule has 1 amide bonds. The topological polar surface area (TPSA) is 84.2 Å². The number of carbonyl (C=O) groups is 1. The van der Waals surface area contributed by atoms with E-state index >= 15 is 0 Å². The molecule has 2 aromatic carbocycles. The van der Waals surface area contributed by atoms with Crippen LogP contribution < -0.4 is 10.9 Å². The van der Waals surface area contributed by atoms with E-state index in [1.165, 1.54) is 16.3 Å². The number of halogens is 1.